The molecule has 1 aliphatic heterocycles. The molecule has 182 valence electrons. The molecule has 1 aromatic heterocycles. The minimum atomic E-state index is -4.62. The minimum Gasteiger partial charge on any atom is -0.436 e. The van der Waals surface area contributed by atoms with Gasteiger partial charge in [-0.1, -0.05) is 0 Å². The summed E-state index contributed by atoms with van der Waals surface area (Å²) < 4.78 is 78.3. The molecule has 3 atom stereocenters. The Kier molecular flexibility index (Phi) is 6.50. The van der Waals surface area contributed by atoms with Gasteiger partial charge in [0.2, 0.25) is 5.89 Å². The third kappa shape index (κ3) is 4.77. The molecule has 2 heterocycles. The highest BCUT2D eigenvalue weighted by atomic mass is 19.4. The number of halogens is 5. The number of urea groups is 1. The molecule has 1 aromatic carbocycles. The van der Waals surface area contributed by atoms with Gasteiger partial charge < -0.3 is 25.1 Å². The van der Waals surface area contributed by atoms with Gasteiger partial charge in [-0.15, -0.1) is 0 Å². The summed E-state index contributed by atoms with van der Waals surface area (Å²) in [5, 5.41) is 1.90. The Balaban J connectivity index is 1.62. The van der Waals surface area contributed by atoms with Crippen LogP contribution in [-0.4, -0.2) is 54.6 Å². The predicted octanol–water partition coefficient (Wildman–Crippen LogP) is 4.14. The Bertz CT molecular complexity index is 1010. The number of oxazole rings is 1. The molecule has 2 amide bonds. The first-order chi connectivity index (χ1) is 15.6. The zero-order valence-electron chi connectivity index (χ0n) is 17.9. The Morgan fingerprint density at radius 3 is 2.61 bits per heavy atom. The number of methoxy groups -OCH3 is 1. The molecule has 2 aliphatic rings. The predicted molar refractivity (Wildman–Crippen MR) is 107 cm³/mol. The topological polar surface area (TPSA) is 93.6 Å². The molecule has 33 heavy (non-hydrogen) atoms. The Morgan fingerprint density at radius 1 is 1.30 bits per heavy atom. The lowest BCUT2D eigenvalue weighted by Crippen LogP contribution is -2.40. The summed E-state index contributed by atoms with van der Waals surface area (Å²) in [6.07, 6.45) is -3.55. The van der Waals surface area contributed by atoms with Crippen molar-refractivity contribution in [2.75, 3.05) is 20.3 Å². The van der Waals surface area contributed by atoms with Gasteiger partial charge in [-0.25, -0.2) is 18.6 Å². The lowest BCUT2D eigenvalue weighted by atomic mass is 9.83. The number of rotatable bonds is 6. The second kappa shape index (κ2) is 9.05. The monoisotopic (exact) mass is 476 g/mol. The van der Waals surface area contributed by atoms with Crippen molar-refractivity contribution < 1.29 is 35.9 Å². The van der Waals surface area contributed by atoms with E-state index in [1.54, 1.807) is 0 Å². The Morgan fingerprint density at radius 2 is 2.00 bits per heavy atom. The van der Waals surface area contributed by atoms with Gasteiger partial charge >= 0.3 is 12.2 Å². The zero-order valence-corrected chi connectivity index (χ0v) is 17.9. The van der Waals surface area contributed by atoms with Crippen molar-refractivity contribution in [2.24, 2.45) is 11.7 Å². The van der Waals surface area contributed by atoms with Crippen LogP contribution in [0.3, 0.4) is 0 Å². The first-order valence-electron chi connectivity index (χ1n) is 10.7. The van der Waals surface area contributed by atoms with E-state index in [0.717, 1.165) is 11.0 Å². The van der Waals surface area contributed by atoms with Crippen LogP contribution in [0.1, 0.15) is 49.2 Å². The molecule has 0 unspecified atom stereocenters. The lowest BCUT2D eigenvalue weighted by Gasteiger charge is -2.27. The third-order valence-electron chi connectivity index (χ3n) is 6.40. The molecule has 1 aliphatic carbocycles. The van der Waals surface area contributed by atoms with Gasteiger partial charge in [0.15, 0.2) is 11.4 Å². The van der Waals surface area contributed by atoms with Crippen LogP contribution in [0, 0.1) is 11.7 Å². The molecule has 7 nitrogen and oxygen atoms in total. The molecule has 3 N–H and O–H groups in total. The lowest BCUT2D eigenvalue weighted by molar-refractivity contribution is -0.150. The second-order valence-corrected chi connectivity index (χ2v) is 8.61. The van der Waals surface area contributed by atoms with E-state index in [4.69, 9.17) is 14.9 Å². The second-order valence-electron chi connectivity index (χ2n) is 8.61. The van der Waals surface area contributed by atoms with Crippen LogP contribution in [0.15, 0.2) is 16.5 Å². The van der Waals surface area contributed by atoms with Gasteiger partial charge in [0.05, 0.1) is 25.2 Å². The van der Waals surface area contributed by atoms with Gasteiger partial charge in [0.25, 0.3) is 0 Å². The van der Waals surface area contributed by atoms with E-state index >= 15 is 0 Å². The summed E-state index contributed by atoms with van der Waals surface area (Å²) in [5.74, 6) is -0.724. The van der Waals surface area contributed by atoms with Crippen LogP contribution >= 0.6 is 0 Å². The summed E-state index contributed by atoms with van der Waals surface area (Å²) in [6, 6.07) is -2.03. The number of fused-ring (bicyclic) bond motifs is 1. The molecule has 4 rings (SSSR count). The van der Waals surface area contributed by atoms with Gasteiger partial charge in [-0.2, -0.15) is 13.2 Å². The van der Waals surface area contributed by atoms with Gasteiger partial charge in [0, 0.05) is 7.11 Å². The van der Waals surface area contributed by atoms with Crippen LogP contribution in [0.5, 0.6) is 0 Å². The van der Waals surface area contributed by atoms with E-state index in [-0.39, 0.29) is 35.1 Å². The van der Waals surface area contributed by atoms with Gasteiger partial charge in [-0.05, 0) is 49.3 Å². The summed E-state index contributed by atoms with van der Waals surface area (Å²) in [5.41, 5.74) is 6.46. The fraction of sp³-hybridized carbons (Fsp3) is 0.619. The van der Waals surface area contributed by atoms with Crippen molar-refractivity contribution in [1.82, 2.24) is 15.2 Å². The van der Waals surface area contributed by atoms with Crippen molar-refractivity contribution in [3.05, 3.63) is 29.4 Å². The first-order valence-corrected chi connectivity index (χ1v) is 10.7. The van der Waals surface area contributed by atoms with E-state index in [1.807, 2.05) is 5.32 Å². The van der Waals surface area contributed by atoms with Crippen molar-refractivity contribution >= 4 is 17.1 Å². The average molecular weight is 476 g/mol. The average Bonchev–Trinajstić information content (AvgIpc) is 3.36. The van der Waals surface area contributed by atoms with E-state index in [0.29, 0.717) is 25.7 Å². The number of nitrogens with one attached hydrogen (secondary N) is 1. The summed E-state index contributed by atoms with van der Waals surface area (Å²) >= 11 is 0. The number of benzene rings is 1. The number of nitrogens with two attached hydrogens (primary N) is 1. The van der Waals surface area contributed by atoms with Gasteiger partial charge in [-0.3, -0.25) is 0 Å². The maximum atomic E-state index is 14.9. The number of ether oxygens (including phenoxy) is 1. The molecule has 2 aromatic rings. The van der Waals surface area contributed by atoms with Crippen molar-refractivity contribution in [3.63, 3.8) is 0 Å². The maximum absolute atomic E-state index is 14.9. The summed E-state index contributed by atoms with van der Waals surface area (Å²) in [4.78, 5) is 17.5. The number of aromatic nitrogens is 1. The number of hydrogen-bond donors (Lipinski definition) is 2. The standard InChI is InChI=1S/C21H25F5N4O3/c1-32-9-15(30-8-16(21(24,25)26)29-20(30)31)11-6-13(23)18-14(7-11)28-19(33-18)17(27)10-2-4-12(22)5-3-10/h6-7,10,12,15-17H,2-5,8-9,27H2,1H3,(H,29,31)/t10?,12?,15-,16+,17+/m1/s1. The number of amides is 2. The maximum Gasteiger partial charge on any atom is 0.410 e. The van der Waals surface area contributed by atoms with Crippen molar-refractivity contribution in [2.45, 2.75) is 56.2 Å². The molecular formula is C21H25F5N4O3. The number of carbonyl (C=O) groups excluding carboxylic acids is 1. The summed E-state index contributed by atoms with van der Waals surface area (Å²) in [7, 11) is 1.33. The highest BCUT2D eigenvalue weighted by Gasteiger charge is 2.48. The highest BCUT2D eigenvalue weighted by molar-refractivity contribution is 5.79. The smallest absolute Gasteiger partial charge is 0.410 e. The zero-order chi connectivity index (χ0) is 23.9. The molecular weight excluding hydrogens is 451 g/mol. The minimum absolute atomic E-state index is 0.0542. The molecule has 12 heteroatoms. The summed E-state index contributed by atoms with van der Waals surface area (Å²) in [6.45, 7) is -0.790. The van der Waals surface area contributed by atoms with Crippen LogP contribution in [-0.2, 0) is 4.74 Å². The SMILES string of the molecule is COC[C@H](c1cc(F)c2oc([C@@H](N)C3CCC(F)CC3)nc2c1)N1C[C@@H](C(F)(F)F)NC1=O. The third-order valence-corrected chi connectivity index (χ3v) is 6.40. The highest BCUT2D eigenvalue weighted by Crippen LogP contribution is 2.37. The molecule has 2 fully saturated rings. The van der Waals surface area contributed by atoms with E-state index in [9.17, 15) is 26.7 Å². The fourth-order valence-electron chi connectivity index (χ4n) is 4.54. The molecule has 0 radical (unpaired) electrons. The van der Waals surface area contributed by atoms with E-state index in [1.165, 1.54) is 13.2 Å². The molecule has 0 spiro atoms. The van der Waals surface area contributed by atoms with Crippen LogP contribution in [0.4, 0.5) is 26.7 Å². The van der Waals surface area contributed by atoms with Crippen molar-refractivity contribution in [1.29, 1.82) is 0 Å². The number of carbonyl (C=O) groups is 1. The fourth-order valence-corrected chi connectivity index (χ4v) is 4.54. The molecule has 1 saturated carbocycles. The number of nitrogens with zero attached hydrogens (tertiary/aromatic N) is 2. The van der Waals surface area contributed by atoms with Crippen LogP contribution in [0.2, 0.25) is 0 Å². The largest absolute Gasteiger partial charge is 0.436 e. The Labute approximate surface area is 186 Å². The van der Waals surface area contributed by atoms with E-state index in [2.05, 4.69) is 4.98 Å². The molecule has 0 bridgehead atoms. The van der Waals surface area contributed by atoms with E-state index < -0.39 is 48.9 Å². The van der Waals surface area contributed by atoms with Crippen LogP contribution < -0.4 is 11.1 Å². The Hall–Kier alpha value is -2.47. The molecule has 1 saturated heterocycles. The van der Waals surface area contributed by atoms with Gasteiger partial charge in [0.1, 0.15) is 17.7 Å². The van der Waals surface area contributed by atoms with Crippen molar-refractivity contribution in [3.8, 4) is 0 Å². The normalized spacial score (nSPS) is 26.0. The quantitative estimate of drug-likeness (QED) is 0.612. The first kappa shape index (κ1) is 23.7. The number of hydrogen-bond acceptors (Lipinski definition) is 5. The van der Waals surface area contributed by atoms with Crippen LogP contribution in [0.25, 0.3) is 11.1 Å². The number of alkyl halides is 4.